The molecule has 1 aliphatic rings. The van der Waals surface area contributed by atoms with E-state index >= 15 is 0 Å². The molecule has 0 aromatic carbocycles. The van der Waals surface area contributed by atoms with Gasteiger partial charge in [-0.25, -0.2) is 9.48 Å². The number of carboxylic acid groups (broad SMARTS) is 1. The summed E-state index contributed by atoms with van der Waals surface area (Å²) in [6.07, 6.45) is 3.66. The number of aromatic nitrogens is 5. The number of hydrogen-bond donors (Lipinski definition) is 1. The van der Waals surface area contributed by atoms with Crippen LogP contribution in [0.3, 0.4) is 0 Å². The van der Waals surface area contributed by atoms with Gasteiger partial charge in [0.15, 0.2) is 11.4 Å². The van der Waals surface area contributed by atoms with Gasteiger partial charge in [-0.3, -0.25) is 4.98 Å². The second-order valence-corrected chi connectivity index (χ2v) is 4.86. The van der Waals surface area contributed by atoms with Crippen LogP contribution < -0.4 is 0 Å². The molecule has 2 aromatic rings. The molecule has 17 heavy (non-hydrogen) atoms. The molecule has 1 N–H and O–H groups in total. The zero-order valence-electron chi connectivity index (χ0n) is 8.78. The van der Waals surface area contributed by atoms with Crippen LogP contribution in [0.4, 0.5) is 0 Å². The third kappa shape index (κ3) is 1.37. The lowest BCUT2D eigenvalue weighted by Gasteiger charge is -2.37. The second kappa shape index (κ2) is 3.59. The van der Waals surface area contributed by atoms with Crippen molar-refractivity contribution < 1.29 is 9.90 Å². The average Bonchev–Trinajstić information content (AvgIpc) is 2.82. The van der Waals surface area contributed by atoms with Crippen molar-refractivity contribution >= 4 is 17.3 Å². The van der Waals surface area contributed by atoms with Crippen molar-refractivity contribution in [3.63, 3.8) is 0 Å². The van der Waals surface area contributed by atoms with Crippen molar-refractivity contribution in [2.45, 2.75) is 24.8 Å². The highest BCUT2D eigenvalue weighted by Gasteiger charge is 2.49. The smallest absolute Gasteiger partial charge is 0.331 e. The first-order valence-electron chi connectivity index (χ1n) is 5.15. The van der Waals surface area contributed by atoms with Gasteiger partial charge in [0.2, 0.25) is 0 Å². The SMILES string of the molecule is O=C(O)C1(n2nnnc2-c2cncs2)CCC1. The average molecular weight is 251 g/mol. The lowest BCUT2D eigenvalue weighted by molar-refractivity contribution is -0.153. The minimum atomic E-state index is -0.969. The lowest BCUT2D eigenvalue weighted by atomic mass is 9.77. The van der Waals surface area contributed by atoms with Crippen LogP contribution >= 0.6 is 11.3 Å². The summed E-state index contributed by atoms with van der Waals surface area (Å²) >= 11 is 1.39. The van der Waals surface area contributed by atoms with Gasteiger partial charge >= 0.3 is 5.97 Å². The van der Waals surface area contributed by atoms with Crippen LogP contribution in [-0.4, -0.2) is 36.3 Å². The molecule has 2 aromatic heterocycles. The zero-order chi connectivity index (χ0) is 11.9. The van der Waals surface area contributed by atoms with Crippen molar-refractivity contribution in [3.8, 4) is 10.7 Å². The third-order valence-corrected chi connectivity index (χ3v) is 3.88. The number of aliphatic carboxylic acids is 1. The van der Waals surface area contributed by atoms with Crippen LogP contribution in [0.2, 0.25) is 0 Å². The van der Waals surface area contributed by atoms with E-state index in [-0.39, 0.29) is 0 Å². The number of tetrazole rings is 1. The largest absolute Gasteiger partial charge is 0.479 e. The molecular formula is C9H9N5O2S. The summed E-state index contributed by atoms with van der Waals surface area (Å²) in [5, 5.41) is 20.7. The maximum atomic E-state index is 11.4. The summed E-state index contributed by atoms with van der Waals surface area (Å²) < 4.78 is 1.42. The number of thiazole rings is 1. The fourth-order valence-corrected chi connectivity index (χ4v) is 2.57. The van der Waals surface area contributed by atoms with Crippen LogP contribution in [0.15, 0.2) is 11.7 Å². The molecular weight excluding hydrogens is 242 g/mol. The Labute approximate surface area is 100 Å². The Morgan fingerprint density at radius 2 is 2.35 bits per heavy atom. The van der Waals surface area contributed by atoms with Crippen molar-refractivity contribution in [3.05, 3.63) is 11.7 Å². The molecule has 2 heterocycles. The van der Waals surface area contributed by atoms with E-state index in [0.717, 1.165) is 11.3 Å². The van der Waals surface area contributed by atoms with Crippen molar-refractivity contribution in [2.75, 3.05) is 0 Å². The number of carboxylic acids is 1. The molecule has 0 saturated heterocycles. The summed E-state index contributed by atoms with van der Waals surface area (Å²) in [6.45, 7) is 0. The van der Waals surface area contributed by atoms with Gasteiger partial charge in [0.1, 0.15) is 0 Å². The summed E-state index contributed by atoms with van der Waals surface area (Å²) in [7, 11) is 0. The number of carbonyl (C=O) groups is 1. The van der Waals surface area contributed by atoms with E-state index < -0.39 is 11.5 Å². The maximum absolute atomic E-state index is 11.4. The Morgan fingerprint density at radius 1 is 1.53 bits per heavy atom. The van der Waals surface area contributed by atoms with Gasteiger partial charge in [-0.1, -0.05) is 0 Å². The number of rotatable bonds is 3. The monoisotopic (exact) mass is 251 g/mol. The molecule has 0 amide bonds. The van der Waals surface area contributed by atoms with Crippen LogP contribution in [0, 0.1) is 0 Å². The Morgan fingerprint density at radius 3 is 2.88 bits per heavy atom. The van der Waals surface area contributed by atoms with Crippen LogP contribution in [0.5, 0.6) is 0 Å². The molecule has 1 saturated carbocycles. The Bertz CT molecular complexity index is 545. The van der Waals surface area contributed by atoms with Crippen molar-refractivity contribution in [1.29, 1.82) is 0 Å². The fourth-order valence-electron chi connectivity index (χ4n) is 1.98. The highest BCUT2D eigenvalue weighted by Crippen LogP contribution is 2.41. The Hall–Kier alpha value is -1.83. The molecule has 7 nitrogen and oxygen atoms in total. The molecule has 1 fully saturated rings. The van der Waals surface area contributed by atoms with Gasteiger partial charge in [-0.05, 0) is 29.7 Å². The first-order chi connectivity index (χ1) is 8.24. The van der Waals surface area contributed by atoms with Crippen LogP contribution in [0.1, 0.15) is 19.3 Å². The van der Waals surface area contributed by atoms with Crippen molar-refractivity contribution in [1.82, 2.24) is 25.2 Å². The summed E-state index contributed by atoms with van der Waals surface area (Å²) in [5.74, 6) is -0.392. The van der Waals surface area contributed by atoms with E-state index in [4.69, 9.17) is 0 Å². The van der Waals surface area contributed by atoms with Gasteiger partial charge in [-0.15, -0.1) is 16.4 Å². The van der Waals surface area contributed by atoms with Gasteiger partial charge in [-0.2, -0.15) is 0 Å². The number of nitrogens with zero attached hydrogens (tertiary/aromatic N) is 5. The van der Waals surface area contributed by atoms with Gasteiger partial charge in [0.25, 0.3) is 0 Å². The van der Waals surface area contributed by atoms with E-state index in [1.54, 1.807) is 11.7 Å². The van der Waals surface area contributed by atoms with Gasteiger partial charge in [0, 0.05) is 6.20 Å². The molecule has 88 valence electrons. The normalized spacial score (nSPS) is 17.6. The highest BCUT2D eigenvalue weighted by molar-refractivity contribution is 7.13. The predicted octanol–water partition coefficient (Wildman–Crippen LogP) is 0.760. The number of hydrogen-bond acceptors (Lipinski definition) is 6. The van der Waals surface area contributed by atoms with Crippen LogP contribution in [0.25, 0.3) is 10.7 Å². The van der Waals surface area contributed by atoms with E-state index in [0.29, 0.717) is 18.7 Å². The van der Waals surface area contributed by atoms with Gasteiger partial charge in [0.05, 0.1) is 10.4 Å². The maximum Gasteiger partial charge on any atom is 0.331 e. The summed E-state index contributed by atoms with van der Waals surface area (Å²) in [4.78, 5) is 16.1. The fraction of sp³-hybridized carbons (Fsp3) is 0.444. The summed E-state index contributed by atoms with van der Waals surface area (Å²) in [5.41, 5.74) is 0.700. The first kappa shape index (κ1) is 10.3. The molecule has 0 aliphatic heterocycles. The third-order valence-electron chi connectivity index (χ3n) is 3.11. The Balaban J connectivity index is 2.10. The summed E-state index contributed by atoms with van der Waals surface area (Å²) in [6, 6.07) is 0. The molecule has 0 bridgehead atoms. The van der Waals surface area contributed by atoms with Crippen molar-refractivity contribution in [2.24, 2.45) is 0 Å². The lowest BCUT2D eigenvalue weighted by Crippen LogP contribution is -2.48. The topological polar surface area (TPSA) is 93.8 Å². The van der Waals surface area contributed by atoms with Crippen LogP contribution in [-0.2, 0) is 10.3 Å². The molecule has 1 aliphatic carbocycles. The molecule has 0 spiro atoms. The van der Waals surface area contributed by atoms with E-state index in [1.807, 2.05) is 0 Å². The predicted molar refractivity (Wildman–Crippen MR) is 58.4 cm³/mol. The zero-order valence-corrected chi connectivity index (χ0v) is 9.59. The molecule has 8 heteroatoms. The highest BCUT2D eigenvalue weighted by atomic mass is 32.1. The minimum absolute atomic E-state index is 0.481. The Kier molecular flexibility index (Phi) is 2.18. The molecule has 0 unspecified atom stereocenters. The minimum Gasteiger partial charge on any atom is -0.479 e. The quantitative estimate of drug-likeness (QED) is 0.865. The van der Waals surface area contributed by atoms with E-state index in [9.17, 15) is 9.90 Å². The molecule has 0 atom stereocenters. The standard InChI is InChI=1S/C9H9N5O2S/c15-8(16)9(2-1-3-9)14-7(11-12-13-14)6-4-10-5-17-6/h4-5H,1-3H2,(H,15,16). The second-order valence-electron chi connectivity index (χ2n) is 3.97. The molecule has 0 radical (unpaired) electrons. The van der Waals surface area contributed by atoms with E-state index in [2.05, 4.69) is 20.5 Å². The molecule has 3 rings (SSSR count). The first-order valence-corrected chi connectivity index (χ1v) is 6.03. The van der Waals surface area contributed by atoms with E-state index in [1.165, 1.54) is 16.0 Å². The van der Waals surface area contributed by atoms with Gasteiger partial charge < -0.3 is 5.11 Å².